The molecule has 0 unspecified atom stereocenters. The normalized spacial score (nSPS) is 17.5. The molecule has 0 spiro atoms. The number of ether oxygens (including phenoxy) is 1. The molecule has 0 amide bonds. The van der Waals surface area contributed by atoms with Crippen LogP contribution in [0.3, 0.4) is 0 Å². The molecule has 0 aliphatic carbocycles. The SMILES string of the molecule is CC(C)Cc1ccc(C2(CC#N)COC2)cc1. The van der Waals surface area contributed by atoms with Gasteiger partial charge in [0, 0.05) is 6.42 Å². The highest BCUT2D eigenvalue weighted by Gasteiger charge is 2.40. The molecule has 17 heavy (non-hydrogen) atoms. The Labute approximate surface area is 103 Å². The average Bonchev–Trinajstić information content (AvgIpc) is 2.24. The molecular formula is C15H19NO. The lowest BCUT2D eigenvalue weighted by Gasteiger charge is -2.40. The van der Waals surface area contributed by atoms with Gasteiger partial charge in [-0.3, -0.25) is 0 Å². The van der Waals surface area contributed by atoms with Crippen LogP contribution in [0.1, 0.15) is 31.4 Å². The first-order chi connectivity index (χ1) is 8.16. The Hall–Kier alpha value is -1.33. The molecule has 1 aromatic rings. The molecule has 2 heteroatoms. The molecule has 1 aliphatic rings. The molecule has 0 atom stereocenters. The molecule has 0 bridgehead atoms. The maximum atomic E-state index is 8.90. The van der Waals surface area contributed by atoms with Gasteiger partial charge in [0.05, 0.1) is 24.7 Å². The lowest BCUT2D eigenvalue weighted by atomic mass is 9.76. The van der Waals surface area contributed by atoms with E-state index in [0.717, 1.165) is 6.42 Å². The monoisotopic (exact) mass is 229 g/mol. The Balaban J connectivity index is 2.14. The van der Waals surface area contributed by atoms with Crippen molar-refractivity contribution in [2.24, 2.45) is 5.92 Å². The Bertz CT molecular complexity index is 410. The van der Waals surface area contributed by atoms with Gasteiger partial charge in [0.1, 0.15) is 0 Å². The smallest absolute Gasteiger partial charge is 0.0632 e. The first-order valence-corrected chi connectivity index (χ1v) is 6.20. The maximum Gasteiger partial charge on any atom is 0.0632 e. The van der Waals surface area contributed by atoms with Crippen molar-refractivity contribution >= 4 is 0 Å². The zero-order chi connectivity index (χ0) is 12.3. The zero-order valence-electron chi connectivity index (χ0n) is 10.6. The van der Waals surface area contributed by atoms with Crippen LogP contribution in [0.15, 0.2) is 24.3 Å². The highest BCUT2D eigenvalue weighted by Crippen LogP contribution is 2.35. The van der Waals surface area contributed by atoms with E-state index in [1.807, 2.05) is 0 Å². The number of hydrogen-bond acceptors (Lipinski definition) is 2. The van der Waals surface area contributed by atoms with E-state index in [4.69, 9.17) is 10.00 Å². The lowest BCUT2D eigenvalue weighted by Crippen LogP contribution is -2.46. The highest BCUT2D eigenvalue weighted by atomic mass is 16.5. The van der Waals surface area contributed by atoms with E-state index in [2.05, 4.69) is 44.2 Å². The predicted molar refractivity (Wildman–Crippen MR) is 67.7 cm³/mol. The van der Waals surface area contributed by atoms with Crippen molar-refractivity contribution < 1.29 is 4.74 Å². The number of benzene rings is 1. The largest absolute Gasteiger partial charge is 0.379 e. The van der Waals surface area contributed by atoms with Gasteiger partial charge in [-0.1, -0.05) is 38.1 Å². The number of nitrogens with zero attached hydrogens (tertiary/aromatic N) is 1. The molecule has 90 valence electrons. The van der Waals surface area contributed by atoms with Gasteiger partial charge in [0.25, 0.3) is 0 Å². The summed E-state index contributed by atoms with van der Waals surface area (Å²) < 4.78 is 5.29. The molecule has 0 aromatic heterocycles. The number of hydrogen-bond donors (Lipinski definition) is 0. The summed E-state index contributed by atoms with van der Waals surface area (Å²) in [6.07, 6.45) is 1.67. The summed E-state index contributed by atoms with van der Waals surface area (Å²) in [6, 6.07) is 11.0. The predicted octanol–water partition coefficient (Wildman–Crippen LogP) is 3.07. The van der Waals surface area contributed by atoms with Gasteiger partial charge in [-0.05, 0) is 23.5 Å². The minimum absolute atomic E-state index is 0.0366. The summed E-state index contributed by atoms with van der Waals surface area (Å²) in [7, 11) is 0. The van der Waals surface area contributed by atoms with Crippen LogP contribution in [0.2, 0.25) is 0 Å². The van der Waals surface area contributed by atoms with Crippen molar-refractivity contribution in [3.05, 3.63) is 35.4 Å². The minimum Gasteiger partial charge on any atom is -0.379 e. The molecule has 2 rings (SSSR count). The Morgan fingerprint density at radius 2 is 1.94 bits per heavy atom. The van der Waals surface area contributed by atoms with Crippen LogP contribution in [0.4, 0.5) is 0 Å². The van der Waals surface area contributed by atoms with Crippen molar-refractivity contribution in [1.82, 2.24) is 0 Å². The van der Waals surface area contributed by atoms with E-state index in [-0.39, 0.29) is 5.41 Å². The molecule has 1 aromatic carbocycles. The molecule has 2 nitrogen and oxygen atoms in total. The minimum atomic E-state index is -0.0366. The van der Waals surface area contributed by atoms with Gasteiger partial charge in [0.15, 0.2) is 0 Å². The Kier molecular flexibility index (Phi) is 3.49. The maximum absolute atomic E-state index is 8.90. The van der Waals surface area contributed by atoms with E-state index in [1.165, 1.54) is 11.1 Å². The fourth-order valence-corrected chi connectivity index (χ4v) is 2.34. The van der Waals surface area contributed by atoms with Crippen molar-refractivity contribution in [3.8, 4) is 6.07 Å². The number of rotatable bonds is 4. The van der Waals surface area contributed by atoms with Crippen LogP contribution in [-0.4, -0.2) is 13.2 Å². The molecule has 1 fully saturated rings. The fourth-order valence-electron chi connectivity index (χ4n) is 2.34. The highest BCUT2D eigenvalue weighted by molar-refractivity contribution is 5.32. The van der Waals surface area contributed by atoms with E-state index in [1.54, 1.807) is 0 Å². The topological polar surface area (TPSA) is 33.0 Å². The average molecular weight is 229 g/mol. The molecule has 1 heterocycles. The van der Waals surface area contributed by atoms with Gasteiger partial charge in [-0.2, -0.15) is 5.26 Å². The van der Waals surface area contributed by atoms with E-state index < -0.39 is 0 Å². The van der Waals surface area contributed by atoms with Gasteiger partial charge >= 0.3 is 0 Å². The summed E-state index contributed by atoms with van der Waals surface area (Å²) in [4.78, 5) is 0. The van der Waals surface area contributed by atoms with Crippen LogP contribution in [-0.2, 0) is 16.6 Å². The van der Waals surface area contributed by atoms with Gasteiger partial charge < -0.3 is 4.74 Å². The van der Waals surface area contributed by atoms with E-state index >= 15 is 0 Å². The van der Waals surface area contributed by atoms with Gasteiger partial charge in [-0.25, -0.2) is 0 Å². The van der Waals surface area contributed by atoms with Crippen LogP contribution < -0.4 is 0 Å². The second-order valence-electron chi connectivity index (χ2n) is 5.40. The van der Waals surface area contributed by atoms with Crippen molar-refractivity contribution in [3.63, 3.8) is 0 Å². The molecule has 1 aliphatic heterocycles. The third kappa shape index (κ3) is 2.50. The summed E-state index contributed by atoms with van der Waals surface area (Å²) in [5.74, 6) is 0.681. The fraction of sp³-hybridized carbons (Fsp3) is 0.533. The second kappa shape index (κ2) is 4.89. The number of nitriles is 1. The Morgan fingerprint density at radius 1 is 1.29 bits per heavy atom. The van der Waals surface area contributed by atoms with Crippen molar-refractivity contribution in [2.75, 3.05) is 13.2 Å². The third-order valence-corrected chi connectivity index (χ3v) is 3.38. The summed E-state index contributed by atoms with van der Waals surface area (Å²) in [6.45, 7) is 5.82. The zero-order valence-corrected chi connectivity index (χ0v) is 10.6. The van der Waals surface area contributed by atoms with Crippen LogP contribution in [0, 0.1) is 17.2 Å². The van der Waals surface area contributed by atoms with Gasteiger partial charge in [0.2, 0.25) is 0 Å². The van der Waals surface area contributed by atoms with Crippen molar-refractivity contribution in [2.45, 2.75) is 32.1 Å². The summed E-state index contributed by atoms with van der Waals surface area (Å²) in [5, 5.41) is 8.90. The van der Waals surface area contributed by atoms with Crippen LogP contribution in [0.5, 0.6) is 0 Å². The van der Waals surface area contributed by atoms with E-state index in [0.29, 0.717) is 25.6 Å². The summed E-state index contributed by atoms with van der Waals surface area (Å²) in [5.41, 5.74) is 2.58. The summed E-state index contributed by atoms with van der Waals surface area (Å²) >= 11 is 0. The van der Waals surface area contributed by atoms with E-state index in [9.17, 15) is 0 Å². The molecular weight excluding hydrogens is 210 g/mol. The lowest BCUT2D eigenvalue weighted by molar-refractivity contribution is -0.0577. The first-order valence-electron chi connectivity index (χ1n) is 6.20. The first kappa shape index (κ1) is 12.1. The quantitative estimate of drug-likeness (QED) is 0.795. The third-order valence-electron chi connectivity index (χ3n) is 3.38. The standard InChI is InChI=1S/C15H19NO/c1-12(2)9-13-3-5-14(6-4-13)15(7-8-16)10-17-11-15/h3-6,12H,7,9-11H2,1-2H3. The van der Waals surface area contributed by atoms with Gasteiger partial charge in [-0.15, -0.1) is 0 Å². The Morgan fingerprint density at radius 3 is 2.35 bits per heavy atom. The van der Waals surface area contributed by atoms with Crippen LogP contribution >= 0.6 is 0 Å². The second-order valence-corrected chi connectivity index (χ2v) is 5.40. The van der Waals surface area contributed by atoms with Crippen LogP contribution in [0.25, 0.3) is 0 Å². The molecule has 0 radical (unpaired) electrons. The van der Waals surface area contributed by atoms with Crippen molar-refractivity contribution in [1.29, 1.82) is 5.26 Å². The molecule has 0 N–H and O–H groups in total. The molecule has 0 saturated carbocycles. The molecule has 1 saturated heterocycles.